The largest absolute Gasteiger partial charge is 0.338 e. The Morgan fingerprint density at radius 1 is 1.31 bits per heavy atom. The molecule has 0 unspecified atom stereocenters. The van der Waals surface area contributed by atoms with Gasteiger partial charge in [0.05, 0.1) is 6.04 Å². The first-order valence-electron chi connectivity index (χ1n) is 9.76. The summed E-state index contributed by atoms with van der Waals surface area (Å²) in [6.07, 6.45) is 2.84. The maximum atomic E-state index is 14.2. The Labute approximate surface area is 171 Å². The van der Waals surface area contributed by atoms with Crippen LogP contribution >= 0.6 is 11.3 Å². The lowest BCUT2D eigenvalue weighted by molar-refractivity contribution is -0.120. The van der Waals surface area contributed by atoms with Crippen LogP contribution in [0.1, 0.15) is 44.5 Å². The van der Waals surface area contributed by atoms with E-state index in [0.717, 1.165) is 18.4 Å². The van der Waals surface area contributed by atoms with Gasteiger partial charge in [-0.05, 0) is 38.7 Å². The van der Waals surface area contributed by atoms with Gasteiger partial charge in [0.15, 0.2) is 26.9 Å². The monoisotopic (exact) mass is 414 g/mol. The summed E-state index contributed by atoms with van der Waals surface area (Å²) in [4.78, 5) is 38.8. The summed E-state index contributed by atoms with van der Waals surface area (Å²) in [6.45, 7) is 3.41. The van der Waals surface area contributed by atoms with Crippen LogP contribution in [-0.4, -0.2) is 33.3 Å². The second kappa shape index (κ2) is 7.67. The van der Waals surface area contributed by atoms with Gasteiger partial charge in [0.25, 0.3) is 5.56 Å². The van der Waals surface area contributed by atoms with Crippen LogP contribution in [-0.2, 0) is 16.9 Å². The highest BCUT2D eigenvalue weighted by molar-refractivity contribution is 7.21. The first-order chi connectivity index (χ1) is 13.8. The van der Waals surface area contributed by atoms with Crippen molar-refractivity contribution < 1.29 is 9.18 Å². The minimum atomic E-state index is -1.75. The number of nitrogens with zero attached hydrogens (tertiary/aromatic N) is 3. The fourth-order valence-corrected chi connectivity index (χ4v) is 4.65. The molecular formula is C21H23FN4O2S. The molecule has 0 bridgehead atoms. The van der Waals surface area contributed by atoms with Crippen molar-refractivity contribution in [2.24, 2.45) is 0 Å². The van der Waals surface area contributed by atoms with Crippen LogP contribution in [0.2, 0.25) is 0 Å². The Bertz CT molecular complexity index is 1090. The minimum Gasteiger partial charge on any atom is -0.338 e. The van der Waals surface area contributed by atoms with Crippen molar-refractivity contribution in [3.8, 4) is 0 Å². The molecule has 6 nitrogen and oxygen atoms in total. The summed E-state index contributed by atoms with van der Waals surface area (Å²) in [5.74, 6) is 0.167. The Balaban J connectivity index is 1.56. The van der Waals surface area contributed by atoms with E-state index in [1.165, 1.54) is 25.2 Å². The number of Topliss-reactive ketones (excluding diaryl/α,β-unsaturated/α-hetero) is 1. The third kappa shape index (κ3) is 4.07. The molecule has 1 atom stereocenters. The average Bonchev–Trinajstić information content (AvgIpc) is 3.33. The number of rotatable bonds is 6. The summed E-state index contributed by atoms with van der Waals surface area (Å²) in [5.41, 5.74) is -0.867. The van der Waals surface area contributed by atoms with E-state index in [-0.39, 0.29) is 23.2 Å². The van der Waals surface area contributed by atoms with E-state index in [0.29, 0.717) is 29.3 Å². The second-order valence-corrected chi connectivity index (χ2v) is 8.80. The number of anilines is 1. The third-order valence-corrected chi connectivity index (χ3v) is 6.18. The molecule has 1 aliphatic rings. The minimum absolute atomic E-state index is 0.0119. The van der Waals surface area contributed by atoms with E-state index >= 15 is 0 Å². The molecule has 0 radical (unpaired) electrons. The van der Waals surface area contributed by atoms with Gasteiger partial charge in [-0.3, -0.25) is 9.59 Å². The molecule has 8 heteroatoms. The fourth-order valence-electron chi connectivity index (χ4n) is 3.63. The van der Waals surface area contributed by atoms with Crippen LogP contribution in [0, 0.1) is 0 Å². The van der Waals surface area contributed by atoms with Crippen LogP contribution < -0.4 is 10.5 Å². The molecule has 3 heterocycles. The number of carbonyl (C=O) groups is 1. The zero-order chi connectivity index (χ0) is 20.6. The molecule has 29 heavy (non-hydrogen) atoms. The van der Waals surface area contributed by atoms with E-state index in [9.17, 15) is 14.0 Å². The lowest BCUT2D eigenvalue weighted by Crippen LogP contribution is -2.36. The van der Waals surface area contributed by atoms with Gasteiger partial charge in [-0.1, -0.05) is 41.7 Å². The molecule has 0 amide bonds. The number of ketones is 1. The number of aromatic amines is 1. The number of hydrogen-bond acceptors (Lipinski definition) is 6. The van der Waals surface area contributed by atoms with E-state index in [4.69, 9.17) is 0 Å². The summed E-state index contributed by atoms with van der Waals surface area (Å²) >= 11 is 1.24. The fraction of sp³-hybridized carbons (Fsp3) is 0.429. The molecule has 0 spiro atoms. The number of aromatic nitrogens is 3. The van der Waals surface area contributed by atoms with Gasteiger partial charge in [-0.25, -0.2) is 14.4 Å². The van der Waals surface area contributed by atoms with Gasteiger partial charge in [0, 0.05) is 13.0 Å². The van der Waals surface area contributed by atoms with Crippen LogP contribution in [0.3, 0.4) is 0 Å². The maximum absolute atomic E-state index is 14.2. The van der Waals surface area contributed by atoms with Crippen LogP contribution in [0.25, 0.3) is 10.3 Å². The molecule has 0 saturated carbocycles. The molecule has 1 N–H and O–H groups in total. The number of thiazole rings is 1. The smallest absolute Gasteiger partial charge is 0.278 e. The summed E-state index contributed by atoms with van der Waals surface area (Å²) in [7, 11) is 0. The second-order valence-electron chi connectivity index (χ2n) is 7.84. The highest BCUT2D eigenvalue weighted by Gasteiger charge is 2.33. The summed E-state index contributed by atoms with van der Waals surface area (Å²) < 4.78 is 14.2. The average molecular weight is 415 g/mol. The molecular weight excluding hydrogens is 391 g/mol. The third-order valence-electron chi connectivity index (χ3n) is 5.19. The van der Waals surface area contributed by atoms with Gasteiger partial charge in [0.1, 0.15) is 5.82 Å². The van der Waals surface area contributed by atoms with Crippen molar-refractivity contribution in [2.75, 3.05) is 11.4 Å². The van der Waals surface area contributed by atoms with Crippen LogP contribution in [0.5, 0.6) is 0 Å². The van der Waals surface area contributed by atoms with Crippen molar-refractivity contribution in [2.45, 2.75) is 51.2 Å². The number of fused-ring (bicyclic) bond motifs is 1. The van der Waals surface area contributed by atoms with E-state index in [2.05, 4.69) is 15.0 Å². The molecule has 4 rings (SSSR count). The number of H-pyrrole nitrogens is 1. The molecule has 0 aliphatic carbocycles. The number of aryl methyl sites for hydroxylation is 1. The van der Waals surface area contributed by atoms with E-state index in [1.807, 2.05) is 35.2 Å². The Kier molecular flexibility index (Phi) is 5.21. The predicted octanol–water partition coefficient (Wildman–Crippen LogP) is 3.75. The number of halogens is 1. The van der Waals surface area contributed by atoms with E-state index in [1.54, 1.807) is 0 Å². The SMILES string of the molecule is CC(C)(F)c1nc2sc(N3CCC[C@@H]3C(=O)CCc3ccccc3)nc2c(=O)[nH]1. The standard InChI is InChI=1S/C21H23FN4O2S/c1-21(2,22)19-24-17(28)16-18(25-19)29-20(23-16)26-12-6-9-14(26)15(27)11-10-13-7-4-3-5-8-13/h3-5,7-8,14H,6,9-12H2,1-2H3,(H,24,25,28)/t14-/m1/s1. The number of carbonyl (C=O) groups excluding carboxylic acids is 1. The Morgan fingerprint density at radius 2 is 2.07 bits per heavy atom. The van der Waals surface area contributed by atoms with Crippen LogP contribution in [0.4, 0.5) is 9.52 Å². The van der Waals surface area contributed by atoms with Crippen molar-refractivity contribution in [1.82, 2.24) is 15.0 Å². The molecule has 1 aliphatic heterocycles. The first kappa shape index (κ1) is 19.7. The topological polar surface area (TPSA) is 79.0 Å². The molecule has 152 valence electrons. The van der Waals surface area contributed by atoms with Crippen molar-refractivity contribution in [1.29, 1.82) is 0 Å². The van der Waals surface area contributed by atoms with Crippen LogP contribution in [0.15, 0.2) is 35.1 Å². The number of benzene rings is 1. The Hall–Kier alpha value is -2.61. The number of nitrogens with one attached hydrogen (secondary N) is 1. The number of hydrogen-bond donors (Lipinski definition) is 1. The summed E-state index contributed by atoms with van der Waals surface area (Å²) in [6, 6.07) is 9.71. The zero-order valence-electron chi connectivity index (χ0n) is 16.4. The molecule has 2 aromatic heterocycles. The van der Waals surface area contributed by atoms with Gasteiger partial charge in [0.2, 0.25) is 0 Å². The van der Waals surface area contributed by atoms with Gasteiger partial charge >= 0.3 is 0 Å². The van der Waals surface area contributed by atoms with Gasteiger partial charge in [-0.2, -0.15) is 0 Å². The highest BCUT2D eigenvalue weighted by atomic mass is 32.1. The van der Waals surface area contributed by atoms with Gasteiger partial charge in [-0.15, -0.1) is 0 Å². The van der Waals surface area contributed by atoms with Crippen molar-refractivity contribution in [3.63, 3.8) is 0 Å². The van der Waals surface area contributed by atoms with E-state index < -0.39 is 11.2 Å². The lowest BCUT2D eigenvalue weighted by Gasteiger charge is -2.22. The Morgan fingerprint density at radius 3 is 2.79 bits per heavy atom. The highest BCUT2D eigenvalue weighted by Crippen LogP contribution is 2.33. The molecule has 1 fully saturated rings. The van der Waals surface area contributed by atoms with Crippen molar-refractivity contribution in [3.05, 3.63) is 52.1 Å². The maximum Gasteiger partial charge on any atom is 0.278 e. The van der Waals surface area contributed by atoms with Gasteiger partial charge < -0.3 is 9.88 Å². The quantitative estimate of drug-likeness (QED) is 0.665. The van der Waals surface area contributed by atoms with Crippen molar-refractivity contribution >= 4 is 32.6 Å². The lowest BCUT2D eigenvalue weighted by atomic mass is 10.0. The first-order valence-corrected chi connectivity index (χ1v) is 10.6. The molecule has 1 aromatic carbocycles. The normalized spacial score (nSPS) is 17.2. The molecule has 3 aromatic rings. The molecule has 1 saturated heterocycles. The zero-order valence-corrected chi connectivity index (χ0v) is 17.3. The number of alkyl halides is 1. The summed E-state index contributed by atoms with van der Waals surface area (Å²) in [5, 5.41) is 0.599. The predicted molar refractivity (Wildman–Crippen MR) is 112 cm³/mol.